The molecule has 7 heteroatoms. The fourth-order valence-corrected chi connectivity index (χ4v) is 5.38. The number of alkyl halides is 3. The Labute approximate surface area is 207 Å². The summed E-state index contributed by atoms with van der Waals surface area (Å²) in [6, 6.07) is 21.6. The highest BCUT2D eigenvalue weighted by molar-refractivity contribution is 5.90. The second-order valence-electron chi connectivity index (χ2n) is 10.0. The summed E-state index contributed by atoms with van der Waals surface area (Å²) in [7, 11) is 0. The molecule has 2 fully saturated rings. The van der Waals surface area contributed by atoms with Crippen molar-refractivity contribution in [2.45, 2.75) is 32.0 Å². The molecule has 4 aromatic rings. The highest BCUT2D eigenvalue weighted by Gasteiger charge is 2.48. The number of aromatic nitrogens is 2. The summed E-state index contributed by atoms with van der Waals surface area (Å²) in [5, 5.41) is 3.35. The molecule has 6 rings (SSSR count). The van der Waals surface area contributed by atoms with Crippen molar-refractivity contribution in [2.75, 3.05) is 13.1 Å². The van der Waals surface area contributed by atoms with Crippen molar-refractivity contribution >= 4 is 16.8 Å². The lowest BCUT2D eigenvalue weighted by molar-refractivity contribution is -0.137. The van der Waals surface area contributed by atoms with Gasteiger partial charge in [0.25, 0.3) is 0 Å². The van der Waals surface area contributed by atoms with Crippen LogP contribution in [0.1, 0.15) is 24.8 Å². The molecule has 4 nitrogen and oxygen atoms in total. The van der Waals surface area contributed by atoms with E-state index in [0.29, 0.717) is 24.4 Å². The zero-order valence-electron chi connectivity index (χ0n) is 19.7. The van der Waals surface area contributed by atoms with Crippen molar-refractivity contribution in [1.29, 1.82) is 0 Å². The summed E-state index contributed by atoms with van der Waals surface area (Å²) in [6.45, 7) is 1.73. The highest BCUT2D eigenvalue weighted by Crippen LogP contribution is 2.43. The van der Waals surface area contributed by atoms with Crippen LogP contribution >= 0.6 is 0 Å². The number of benzene rings is 3. The molecule has 0 bridgehead atoms. The number of carbonyl (C=O) groups excluding carboxylic acids is 1. The Morgan fingerprint density at radius 2 is 1.67 bits per heavy atom. The number of fused-ring (bicyclic) bond motifs is 1. The number of rotatable bonds is 6. The zero-order chi connectivity index (χ0) is 24.9. The van der Waals surface area contributed by atoms with E-state index < -0.39 is 17.2 Å². The predicted molar refractivity (Wildman–Crippen MR) is 133 cm³/mol. The van der Waals surface area contributed by atoms with Gasteiger partial charge in [0.2, 0.25) is 0 Å². The van der Waals surface area contributed by atoms with E-state index in [0.717, 1.165) is 54.6 Å². The van der Waals surface area contributed by atoms with E-state index in [1.54, 1.807) is 0 Å². The lowest BCUT2D eigenvalue weighted by atomic mass is 9.80. The number of nitrogens with one attached hydrogen (secondary N) is 1. The van der Waals surface area contributed by atoms with Crippen LogP contribution in [0.2, 0.25) is 0 Å². The zero-order valence-corrected chi connectivity index (χ0v) is 19.7. The number of hydrogen-bond donors (Lipinski definition) is 1. The summed E-state index contributed by atoms with van der Waals surface area (Å²) < 4.78 is 42.3. The summed E-state index contributed by atoms with van der Waals surface area (Å²) in [4.78, 5) is 18.1. The standard InChI is InChI=1S/C29H26F3N3O/c30-29(31,32)23-12-13-25-24(16-23)34-27(22-10-6-20(7-11-22)19-4-2-1-3-5-19)35(25)18-28(14-15-33-17-28)26(36)21-8-9-21/h1-7,10-13,16,21,33H,8-9,14-15,17-18H2/t28-/m0/s1. The maximum absolute atomic E-state index is 13.5. The molecule has 0 radical (unpaired) electrons. The van der Waals surface area contributed by atoms with Gasteiger partial charge in [-0.3, -0.25) is 4.79 Å². The third-order valence-corrected chi connectivity index (χ3v) is 7.50. The molecular weight excluding hydrogens is 463 g/mol. The summed E-state index contributed by atoms with van der Waals surface area (Å²) in [6.07, 6.45) is -1.88. The van der Waals surface area contributed by atoms with E-state index in [-0.39, 0.29) is 17.2 Å². The molecular formula is C29H26F3N3O. The molecule has 0 amide bonds. The van der Waals surface area contributed by atoms with Crippen LogP contribution in [0.25, 0.3) is 33.5 Å². The average Bonchev–Trinajstić information content (AvgIpc) is 3.53. The molecule has 1 saturated carbocycles. The van der Waals surface area contributed by atoms with Gasteiger partial charge >= 0.3 is 6.18 Å². The fourth-order valence-electron chi connectivity index (χ4n) is 5.38. The maximum atomic E-state index is 13.5. The second kappa shape index (κ2) is 8.59. The molecule has 2 aliphatic rings. The molecule has 1 atom stereocenters. The van der Waals surface area contributed by atoms with Crippen LogP contribution in [0.3, 0.4) is 0 Å². The van der Waals surface area contributed by atoms with Crippen molar-refractivity contribution in [3.05, 3.63) is 78.4 Å². The Hall–Kier alpha value is -3.45. The monoisotopic (exact) mass is 489 g/mol. The van der Waals surface area contributed by atoms with Crippen molar-refractivity contribution in [1.82, 2.24) is 14.9 Å². The van der Waals surface area contributed by atoms with Gasteiger partial charge in [-0.05, 0) is 55.1 Å². The Bertz CT molecular complexity index is 1410. The molecule has 0 unspecified atom stereocenters. The van der Waals surface area contributed by atoms with Gasteiger partial charge in [0.1, 0.15) is 11.6 Å². The van der Waals surface area contributed by atoms with E-state index in [9.17, 15) is 18.0 Å². The first kappa shape index (κ1) is 23.0. The van der Waals surface area contributed by atoms with Crippen molar-refractivity contribution < 1.29 is 18.0 Å². The first-order valence-electron chi connectivity index (χ1n) is 12.3. The van der Waals surface area contributed by atoms with Gasteiger partial charge in [-0.2, -0.15) is 13.2 Å². The SMILES string of the molecule is O=C(C1CC1)[C@@]1(Cn2c(-c3ccc(-c4ccccc4)cc3)nc3cc(C(F)(F)F)ccc32)CCNC1. The van der Waals surface area contributed by atoms with Crippen LogP contribution < -0.4 is 5.32 Å². The Balaban J connectivity index is 1.46. The predicted octanol–water partition coefficient (Wildman–Crippen LogP) is 6.35. The lowest BCUT2D eigenvalue weighted by Gasteiger charge is -2.28. The van der Waals surface area contributed by atoms with Crippen molar-refractivity contribution in [3.63, 3.8) is 0 Å². The number of nitrogens with zero attached hydrogens (tertiary/aromatic N) is 2. The maximum Gasteiger partial charge on any atom is 0.416 e. The van der Waals surface area contributed by atoms with Crippen molar-refractivity contribution in [3.8, 4) is 22.5 Å². The molecule has 2 heterocycles. The number of Topliss-reactive ketones (excluding diaryl/α,β-unsaturated/α-hetero) is 1. The molecule has 3 aromatic carbocycles. The van der Waals surface area contributed by atoms with Crippen LogP contribution in [0, 0.1) is 11.3 Å². The third-order valence-electron chi connectivity index (χ3n) is 7.50. The summed E-state index contributed by atoms with van der Waals surface area (Å²) >= 11 is 0. The van der Waals surface area contributed by atoms with Gasteiger partial charge in [0.05, 0.1) is 22.0 Å². The normalized spacial score (nSPS) is 20.2. The molecule has 1 aliphatic carbocycles. The van der Waals surface area contributed by atoms with Gasteiger partial charge in [-0.15, -0.1) is 0 Å². The highest BCUT2D eigenvalue weighted by atomic mass is 19.4. The van der Waals surface area contributed by atoms with E-state index in [1.165, 1.54) is 6.07 Å². The Morgan fingerprint density at radius 3 is 2.31 bits per heavy atom. The van der Waals surface area contributed by atoms with Gasteiger partial charge < -0.3 is 9.88 Å². The summed E-state index contributed by atoms with van der Waals surface area (Å²) in [5.41, 5.74) is 2.53. The minimum absolute atomic E-state index is 0.102. The smallest absolute Gasteiger partial charge is 0.323 e. The van der Waals surface area contributed by atoms with Gasteiger partial charge in [0.15, 0.2) is 0 Å². The molecule has 1 aromatic heterocycles. The molecule has 1 aliphatic heterocycles. The number of halogens is 3. The second-order valence-corrected chi connectivity index (χ2v) is 10.0. The topological polar surface area (TPSA) is 46.9 Å². The van der Waals surface area contributed by atoms with Gasteiger partial charge in [-0.25, -0.2) is 4.98 Å². The Kier molecular flexibility index (Phi) is 5.48. The molecule has 184 valence electrons. The number of hydrogen-bond acceptors (Lipinski definition) is 3. The van der Waals surface area contributed by atoms with Crippen LogP contribution in [0.5, 0.6) is 0 Å². The van der Waals surface area contributed by atoms with E-state index in [2.05, 4.69) is 10.3 Å². The quantitative estimate of drug-likeness (QED) is 0.343. The van der Waals surface area contributed by atoms with Crippen LogP contribution in [0.4, 0.5) is 13.2 Å². The first-order chi connectivity index (χ1) is 17.3. The molecule has 0 spiro atoms. The number of carbonyl (C=O) groups is 1. The lowest BCUT2D eigenvalue weighted by Crippen LogP contribution is -2.39. The van der Waals surface area contributed by atoms with E-state index in [1.807, 2.05) is 59.2 Å². The minimum atomic E-state index is -4.45. The Morgan fingerprint density at radius 1 is 0.972 bits per heavy atom. The number of imidazole rings is 1. The van der Waals surface area contributed by atoms with E-state index in [4.69, 9.17) is 0 Å². The van der Waals surface area contributed by atoms with Crippen molar-refractivity contribution in [2.24, 2.45) is 11.3 Å². The number of ketones is 1. The molecule has 1 saturated heterocycles. The molecule has 1 N–H and O–H groups in total. The van der Waals surface area contributed by atoms with Crippen LogP contribution in [-0.2, 0) is 17.5 Å². The van der Waals surface area contributed by atoms with Crippen LogP contribution in [0.15, 0.2) is 72.8 Å². The molecule has 36 heavy (non-hydrogen) atoms. The fraction of sp³-hybridized carbons (Fsp3) is 0.310. The van der Waals surface area contributed by atoms with Gasteiger partial charge in [0, 0.05) is 24.6 Å². The summed E-state index contributed by atoms with van der Waals surface area (Å²) in [5.74, 6) is 0.954. The first-order valence-corrected chi connectivity index (χ1v) is 12.3. The average molecular weight is 490 g/mol. The van der Waals surface area contributed by atoms with Crippen LogP contribution in [-0.4, -0.2) is 28.4 Å². The van der Waals surface area contributed by atoms with Gasteiger partial charge in [-0.1, -0.05) is 54.6 Å². The minimum Gasteiger partial charge on any atom is -0.323 e. The largest absolute Gasteiger partial charge is 0.416 e. The van der Waals surface area contributed by atoms with E-state index >= 15 is 0 Å². The third kappa shape index (κ3) is 4.11.